The first-order chi connectivity index (χ1) is 17.8. The predicted molar refractivity (Wildman–Crippen MR) is 143 cm³/mol. The third-order valence-electron chi connectivity index (χ3n) is 6.26. The number of aromatic nitrogens is 1. The van der Waals surface area contributed by atoms with Gasteiger partial charge in [0.05, 0.1) is 27.3 Å². The zero-order valence-electron chi connectivity index (χ0n) is 20.2. The minimum atomic E-state index is -3.88. The number of fused-ring (bicyclic) bond motifs is 1. The summed E-state index contributed by atoms with van der Waals surface area (Å²) in [4.78, 5) is 21.8. The minimum Gasteiger partial charge on any atom is -0.345 e. The van der Waals surface area contributed by atoms with E-state index in [9.17, 15) is 13.2 Å². The van der Waals surface area contributed by atoms with Gasteiger partial charge in [0.2, 0.25) is 10.0 Å². The highest BCUT2D eigenvalue weighted by atomic mass is 35.5. The summed E-state index contributed by atoms with van der Waals surface area (Å²) in [5.41, 5.74) is 2.26. The van der Waals surface area contributed by atoms with Crippen LogP contribution < -0.4 is 4.90 Å². The molecule has 2 aromatic carbocycles. The summed E-state index contributed by atoms with van der Waals surface area (Å²) in [7, 11) is -3.88. The molecule has 0 unspecified atom stereocenters. The lowest BCUT2D eigenvalue weighted by Crippen LogP contribution is -2.48. The number of thiazole rings is 1. The summed E-state index contributed by atoms with van der Waals surface area (Å²) in [6.45, 7) is 4.28. The molecule has 0 radical (unpaired) electrons. The molecule has 0 N–H and O–H groups in total. The number of rotatable bonds is 8. The van der Waals surface area contributed by atoms with Crippen LogP contribution in [0, 0.1) is 29.6 Å². The minimum absolute atomic E-state index is 0.00669. The van der Waals surface area contributed by atoms with Crippen LogP contribution in [0.3, 0.4) is 0 Å². The van der Waals surface area contributed by atoms with Gasteiger partial charge in [-0.1, -0.05) is 22.9 Å². The Kier molecular flexibility index (Phi) is 8.30. The van der Waals surface area contributed by atoms with E-state index in [-0.39, 0.29) is 36.7 Å². The Morgan fingerprint density at radius 1 is 1.05 bits per heavy atom. The number of amides is 1. The van der Waals surface area contributed by atoms with Crippen molar-refractivity contribution in [2.45, 2.75) is 24.7 Å². The Labute approximate surface area is 225 Å². The molecule has 0 saturated carbocycles. The summed E-state index contributed by atoms with van der Waals surface area (Å²) in [6.07, 6.45) is 0.0507. The Bertz CT molecular complexity index is 1470. The summed E-state index contributed by atoms with van der Waals surface area (Å²) in [5, 5.41) is 19.3. The van der Waals surface area contributed by atoms with Crippen molar-refractivity contribution >= 4 is 54.2 Å². The fraction of sp³-hybridized carbons (Fsp3) is 0.360. The second-order valence-electron chi connectivity index (χ2n) is 8.54. The normalized spacial score (nSPS) is 14.1. The molecule has 1 aliphatic heterocycles. The number of aryl methyl sites for hydroxylation is 1. The van der Waals surface area contributed by atoms with Gasteiger partial charge in [0, 0.05) is 62.7 Å². The van der Waals surface area contributed by atoms with E-state index in [4.69, 9.17) is 27.1 Å². The molecule has 37 heavy (non-hydrogen) atoms. The van der Waals surface area contributed by atoms with E-state index in [1.807, 2.05) is 31.2 Å². The number of carbonyl (C=O) groups excluding carboxylic acids is 1. The number of hydrogen-bond acceptors (Lipinski definition) is 8. The quantitative estimate of drug-likeness (QED) is 0.410. The number of anilines is 1. The molecule has 1 amide bonds. The average Bonchev–Trinajstić information content (AvgIpc) is 3.36. The van der Waals surface area contributed by atoms with Crippen LogP contribution >= 0.6 is 22.9 Å². The maximum absolute atomic E-state index is 13.1. The number of nitrogens with zero attached hydrogens (tertiary/aromatic N) is 6. The third kappa shape index (κ3) is 5.71. The zero-order valence-corrected chi connectivity index (χ0v) is 22.6. The molecule has 0 aliphatic carbocycles. The number of benzene rings is 2. The predicted octanol–water partition coefficient (Wildman–Crippen LogP) is 4.04. The topological polar surface area (TPSA) is 121 Å². The maximum atomic E-state index is 13.1. The van der Waals surface area contributed by atoms with Crippen molar-refractivity contribution in [2.24, 2.45) is 0 Å². The highest BCUT2D eigenvalue weighted by Gasteiger charge is 2.27. The van der Waals surface area contributed by atoms with E-state index in [0.717, 1.165) is 25.2 Å². The van der Waals surface area contributed by atoms with Gasteiger partial charge in [0.1, 0.15) is 0 Å². The van der Waals surface area contributed by atoms with Gasteiger partial charge in [-0.2, -0.15) is 14.8 Å². The van der Waals surface area contributed by atoms with E-state index >= 15 is 0 Å². The largest absolute Gasteiger partial charge is 0.345 e. The first-order valence-electron chi connectivity index (χ1n) is 11.7. The van der Waals surface area contributed by atoms with Crippen molar-refractivity contribution in [3.8, 4) is 12.1 Å². The molecular formula is C25H25ClN6O3S2. The smallest absolute Gasteiger partial charge is 0.253 e. The van der Waals surface area contributed by atoms with Crippen molar-refractivity contribution in [2.75, 3.05) is 44.2 Å². The van der Waals surface area contributed by atoms with Gasteiger partial charge in [-0.25, -0.2) is 13.4 Å². The van der Waals surface area contributed by atoms with Crippen molar-refractivity contribution in [1.29, 1.82) is 10.5 Å². The van der Waals surface area contributed by atoms with Crippen molar-refractivity contribution < 1.29 is 13.2 Å². The molecule has 3 aromatic rings. The number of nitriles is 2. The van der Waals surface area contributed by atoms with E-state index < -0.39 is 10.0 Å². The van der Waals surface area contributed by atoms with Crippen LogP contribution in [-0.2, 0) is 10.0 Å². The van der Waals surface area contributed by atoms with Gasteiger partial charge in [-0.05, 0) is 48.9 Å². The van der Waals surface area contributed by atoms with Crippen LogP contribution in [-0.4, -0.2) is 67.8 Å². The molecule has 1 fully saturated rings. The van der Waals surface area contributed by atoms with Gasteiger partial charge in [0.25, 0.3) is 5.91 Å². The summed E-state index contributed by atoms with van der Waals surface area (Å²) < 4.78 is 28.2. The number of carbonyl (C=O) groups is 1. The molecule has 4 rings (SSSR count). The summed E-state index contributed by atoms with van der Waals surface area (Å²) in [5.74, 6) is -0.165. The maximum Gasteiger partial charge on any atom is 0.253 e. The molecule has 192 valence electrons. The Balaban J connectivity index is 1.42. The van der Waals surface area contributed by atoms with E-state index in [1.165, 1.54) is 24.3 Å². The highest BCUT2D eigenvalue weighted by Crippen LogP contribution is 2.34. The van der Waals surface area contributed by atoms with Crippen LogP contribution in [0.4, 0.5) is 5.13 Å². The van der Waals surface area contributed by atoms with Crippen LogP contribution in [0.25, 0.3) is 10.2 Å². The van der Waals surface area contributed by atoms with Crippen LogP contribution in [0.1, 0.15) is 28.8 Å². The van der Waals surface area contributed by atoms with Crippen LogP contribution in [0.5, 0.6) is 0 Å². The van der Waals surface area contributed by atoms with Crippen molar-refractivity contribution in [1.82, 2.24) is 14.2 Å². The van der Waals surface area contributed by atoms with Crippen LogP contribution in [0.15, 0.2) is 41.3 Å². The second-order valence-corrected chi connectivity index (χ2v) is 11.9. The fourth-order valence-electron chi connectivity index (χ4n) is 4.13. The summed E-state index contributed by atoms with van der Waals surface area (Å²) >= 11 is 7.84. The number of piperazine rings is 1. The fourth-order valence-corrected chi connectivity index (χ4v) is 6.80. The van der Waals surface area contributed by atoms with Gasteiger partial charge in [0.15, 0.2) is 5.13 Å². The van der Waals surface area contributed by atoms with Crippen LogP contribution in [0.2, 0.25) is 5.02 Å². The Morgan fingerprint density at radius 3 is 2.27 bits per heavy atom. The lowest BCUT2D eigenvalue weighted by Gasteiger charge is -2.34. The molecule has 1 aromatic heterocycles. The number of halogens is 1. The number of sulfonamides is 1. The lowest BCUT2D eigenvalue weighted by atomic mass is 10.2. The van der Waals surface area contributed by atoms with E-state index in [2.05, 4.69) is 4.90 Å². The molecule has 0 bridgehead atoms. The molecule has 2 heterocycles. The van der Waals surface area contributed by atoms with Crippen molar-refractivity contribution in [3.05, 3.63) is 52.5 Å². The summed E-state index contributed by atoms with van der Waals surface area (Å²) in [6, 6.07) is 13.5. The van der Waals surface area contributed by atoms with Gasteiger partial charge < -0.3 is 9.80 Å². The van der Waals surface area contributed by atoms with Gasteiger partial charge in [-0.3, -0.25) is 4.79 Å². The van der Waals surface area contributed by atoms with E-state index in [0.29, 0.717) is 36.8 Å². The standard InChI is InChI=1S/C25H25ClN6O3S2/c1-18-21(26)8-9-22-23(18)29-25(36-22)31-16-14-30(15-17-31)24(33)19-4-6-20(7-5-19)37(34,35)32(12-2-10-27)13-3-11-28/h4-9H,2-3,12-17H2,1H3. The SMILES string of the molecule is Cc1c(Cl)ccc2sc(N3CCN(C(=O)c4ccc(S(=O)(=O)N(CCC#N)CCC#N)cc4)CC3)nc12. The molecule has 12 heteroatoms. The molecular weight excluding hydrogens is 532 g/mol. The monoisotopic (exact) mass is 556 g/mol. The van der Waals surface area contributed by atoms with Gasteiger partial charge in [-0.15, -0.1) is 0 Å². The number of hydrogen-bond donors (Lipinski definition) is 0. The highest BCUT2D eigenvalue weighted by molar-refractivity contribution is 7.89. The van der Waals surface area contributed by atoms with E-state index in [1.54, 1.807) is 16.2 Å². The first kappa shape index (κ1) is 26.8. The lowest BCUT2D eigenvalue weighted by molar-refractivity contribution is 0.0746. The second kappa shape index (κ2) is 11.4. The molecule has 0 spiro atoms. The zero-order chi connectivity index (χ0) is 26.6. The Morgan fingerprint density at radius 2 is 1.68 bits per heavy atom. The van der Waals surface area contributed by atoms with Gasteiger partial charge >= 0.3 is 0 Å². The Hall–Kier alpha value is -3.22. The third-order valence-corrected chi connectivity index (χ3v) is 9.66. The first-order valence-corrected chi connectivity index (χ1v) is 14.3. The molecule has 1 aliphatic rings. The molecule has 1 saturated heterocycles. The molecule has 0 atom stereocenters. The molecule has 9 nitrogen and oxygen atoms in total. The average molecular weight is 557 g/mol. The van der Waals surface area contributed by atoms with Crippen molar-refractivity contribution in [3.63, 3.8) is 0 Å².